The maximum absolute atomic E-state index is 5.91. The quantitative estimate of drug-likeness (QED) is 0.695. The molecule has 0 amide bonds. The van der Waals surface area contributed by atoms with E-state index in [9.17, 15) is 0 Å². The Labute approximate surface area is 127 Å². The predicted molar refractivity (Wildman–Crippen MR) is 82.4 cm³/mol. The first-order valence-corrected chi connectivity index (χ1v) is 7.17. The van der Waals surface area contributed by atoms with E-state index in [0.29, 0.717) is 23.7 Å². The number of aryl methyl sites for hydroxylation is 2. The summed E-state index contributed by atoms with van der Waals surface area (Å²) in [6, 6.07) is 8.19. The summed E-state index contributed by atoms with van der Waals surface area (Å²) in [5.41, 5.74) is 3.57. The van der Waals surface area contributed by atoms with Crippen LogP contribution in [0.25, 0.3) is 16.9 Å². The molecule has 0 aliphatic carbocycles. The van der Waals surface area contributed by atoms with E-state index < -0.39 is 0 Å². The molecular weight excluding hydrogens is 288 g/mol. The van der Waals surface area contributed by atoms with Gasteiger partial charge in [-0.2, -0.15) is 4.98 Å². The van der Waals surface area contributed by atoms with E-state index in [0.717, 1.165) is 17.2 Å². The van der Waals surface area contributed by atoms with Crippen LogP contribution < -0.4 is 4.74 Å². The van der Waals surface area contributed by atoms with Gasteiger partial charge in [0.25, 0.3) is 0 Å². The minimum atomic E-state index is 0.474. The van der Waals surface area contributed by atoms with Gasteiger partial charge in [-0.3, -0.25) is 4.57 Å². The molecule has 3 rings (SSSR count). The highest BCUT2D eigenvalue weighted by Gasteiger charge is 2.17. The van der Waals surface area contributed by atoms with E-state index in [-0.39, 0.29) is 0 Å². The molecular formula is C15H15ClN4O. The van der Waals surface area contributed by atoms with Crippen molar-refractivity contribution in [2.45, 2.75) is 13.3 Å². The smallest absolute Gasteiger partial charge is 0.245 e. The highest BCUT2D eigenvalue weighted by molar-refractivity contribution is 6.17. The SMILES string of the molecule is COc1ncnc2c1nc(CCCl)n2-c1cccc(C)c1. The largest absolute Gasteiger partial charge is 0.479 e. The lowest BCUT2D eigenvalue weighted by Crippen LogP contribution is -2.03. The maximum Gasteiger partial charge on any atom is 0.245 e. The van der Waals surface area contributed by atoms with Crippen LogP contribution in [-0.2, 0) is 6.42 Å². The minimum absolute atomic E-state index is 0.474. The normalized spacial score (nSPS) is 11.0. The van der Waals surface area contributed by atoms with E-state index >= 15 is 0 Å². The van der Waals surface area contributed by atoms with Crippen LogP contribution in [0.1, 0.15) is 11.4 Å². The molecule has 0 atom stereocenters. The second kappa shape index (κ2) is 5.69. The van der Waals surface area contributed by atoms with Gasteiger partial charge in [0.1, 0.15) is 12.2 Å². The van der Waals surface area contributed by atoms with Gasteiger partial charge < -0.3 is 4.74 Å². The van der Waals surface area contributed by atoms with Crippen LogP contribution in [0.5, 0.6) is 5.88 Å². The number of ether oxygens (including phenoxy) is 1. The molecule has 0 fully saturated rings. The fourth-order valence-corrected chi connectivity index (χ4v) is 2.53. The number of rotatable bonds is 4. The molecule has 0 N–H and O–H groups in total. The number of hydrogen-bond donors (Lipinski definition) is 0. The van der Waals surface area contributed by atoms with Gasteiger partial charge in [-0.05, 0) is 24.6 Å². The number of benzene rings is 1. The first kappa shape index (κ1) is 13.8. The Morgan fingerprint density at radius 2 is 2.14 bits per heavy atom. The first-order chi connectivity index (χ1) is 10.2. The molecule has 2 heterocycles. The second-order valence-electron chi connectivity index (χ2n) is 4.70. The molecule has 0 saturated heterocycles. The molecule has 0 bridgehead atoms. The van der Waals surface area contributed by atoms with E-state index in [1.54, 1.807) is 7.11 Å². The van der Waals surface area contributed by atoms with Gasteiger partial charge in [0, 0.05) is 18.0 Å². The van der Waals surface area contributed by atoms with Crippen molar-refractivity contribution < 1.29 is 4.74 Å². The van der Waals surface area contributed by atoms with Gasteiger partial charge in [0.2, 0.25) is 5.88 Å². The zero-order chi connectivity index (χ0) is 14.8. The van der Waals surface area contributed by atoms with Crippen LogP contribution in [0.2, 0.25) is 0 Å². The van der Waals surface area contributed by atoms with Crippen molar-refractivity contribution in [2.75, 3.05) is 13.0 Å². The van der Waals surface area contributed by atoms with E-state index in [2.05, 4.69) is 34.0 Å². The first-order valence-electron chi connectivity index (χ1n) is 6.64. The molecule has 5 nitrogen and oxygen atoms in total. The third kappa shape index (κ3) is 2.45. The third-order valence-corrected chi connectivity index (χ3v) is 3.44. The Hall–Kier alpha value is -2.14. The van der Waals surface area contributed by atoms with Gasteiger partial charge in [-0.15, -0.1) is 11.6 Å². The number of alkyl halides is 1. The zero-order valence-electron chi connectivity index (χ0n) is 11.9. The Morgan fingerprint density at radius 3 is 2.86 bits per heavy atom. The Kier molecular flexibility index (Phi) is 3.75. The van der Waals surface area contributed by atoms with Crippen LogP contribution in [0.4, 0.5) is 0 Å². The molecule has 0 radical (unpaired) electrons. The molecule has 0 saturated carbocycles. The molecule has 1 aromatic carbocycles. The number of hydrogen-bond acceptors (Lipinski definition) is 4. The maximum atomic E-state index is 5.91. The summed E-state index contributed by atoms with van der Waals surface area (Å²) >= 11 is 5.91. The summed E-state index contributed by atoms with van der Waals surface area (Å²) in [5, 5.41) is 0. The van der Waals surface area contributed by atoms with Crippen LogP contribution in [0.3, 0.4) is 0 Å². The Bertz CT molecular complexity index is 784. The molecule has 3 aromatic rings. The monoisotopic (exact) mass is 302 g/mol. The lowest BCUT2D eigenvalue weighted by Gasteiger charge is -2.08. The van der Waals surface area contributed by atoms with E-state index in [1.807, 2.05) is 16.7 Å². The van der Waals surface area contributed by atoms with E-state index in [1.165, 1.54) is 11.9 Å². The van der Waals surface area contributed by atoms with Crippen molar-refractivity contribution in [3.05, 3.63) is 42.0 Å². The minimum Gasteiger partial charge on any atom is -0.479 e. The van der Waals surface area contributed by atoms with Crippen molar-refractivity contribution >= 4 is 22.8 Å². The number of aromatic nitrogens is 4. The average molecular weight is 303 g/mol. The van der Waals surface area contributed by atoms with Crippen LogP contribution in [-0.4, -0.2) is 32.5 Å². The Balaban J connectivity index is 2.31. The molecule has 21 heavy (non-hydrogen) atoms. The molecule has 2 aromatic heterocycles. The van der Waals surface area contributed by atoms with Crippen molar-refractivity contribution in [2.24, 2.45) is 0 Å². The third-order valence-electron chi connectivity index (χ3n) is 3.25. The number of nitrogens with zero attached hydrogens (tertiary/aromatic N) is 4. The predicted octanol–water partition coefficient (Wildman–Crippen LogP) is 2.91. The molecule has 108 valence electrons. The molecule has 0 aliphatic heterocycles. The van der Waals surface area contributed by atoms with Gasteiger partial charge >= 0.3 is 0 Å². The summed E-state index contributed by atoms with van der Waals surface area (Å²) in [6.45, 7) is 2.05. The zero-order valence-corrected chi connectivity index (χ0v) is 12.6. The van der Waals surface area contributed by atoms with Crippen LogP contribution in [0, 0.1) is 6.92 Å². The molecule has 0 aliphatic rings. The van der Waals surface area contributed by atoms with Gasteiger partial charge in [-0.1, -0.05) is 12.1 Å². The molecule has 0 spiro atoms. The summed E-state index contributed by atoms with van der Waals surface area (Å²) < 4.78 is 7.28. The fourth-order valence-electron chi connectivity index (χ4n) is 2.36. The van der Waals surface area contributed by atoms with Gasteiger partial charge in [0.15, 0.2) is 11.2 Å². The highest BCUT2D eigenvalue weighted by Crippen LogP contribution is 2.25. The van der Waals surface area contributed by atoms with Gasteiger partial charge in [-0.25, -0.2) is 9.97 Å². The lowest BCUT2D eigenvalue weighted by molar-refractivity contribution is 0.401. The second-order valence-corrected chi connectivity index (χ2v) is 5.07. The van der Waals surface area contributed by atoms with Gasteiger partial charge in [0.05, 0.1) is 7.11 Å². The number of fused-ring (bicyclic) bond motifs is 1. The molecule has 0 unspecified atom stereocenters. The van der Waals surface area contributed by atoms with Crippen LogP contribution in [0.15, 0.2) is 30.6 Å². The molecule has 6 heteroatoms. The summed E-state index contributed by atoms with van der Waals surface area (Å²) in [7, 11) is 1.58. The van der Waals surface area contributed by atoms with Crippen molar-refractivity contribution in [3.8, 4) is 11.6 Å². The number of halogens is 1. The summed E-state index contributed by atoms with van der Waals surface area (Å²) in [5.74, 6) is 1.82. The topological polar surface area (TPSA) is 52.8 Å². The van der Waals surface area contributed by atoms with Crippen molar-refractivity contribution in [3.63, 3.8) is 0 Å². The number of imidazole rings is 1. The standard InChI is InChI=1S/C15H15ClN4O/c1-10-4-3-5-11(8-10)20-12(6-7-16)19-13-14(20)17-9-18-15(13)21-2/h3-5,8-9H,6-7H2,1-2H3. The lowest BCUT2D eigenvalue weighted by atomic mass is 10.2. The van der Waals surface area contributed by atoms with Crippen molar-refractivity contribution in [1.29, 1.82) is 0 Å². The van der Waals surface area contributed by atoms with E-state index in [4.69, 9.17) is 16.3 Å². The Morgan fingerprint density at radius 1 is 1.29 bits per heavy atom. The fraction of sp³-hybridized carbons (Fsp3) is 0.267. The summed E-state index contributed by atoms with van der Waals surface area (Å²) in [6.07, 6.45) is 2.13. The summed E-state index contributed by atoms with van der Waals surface area (Å²) in [4.78, 5) is 13.1. The van der Waals surface area contributed by atoms with Crippen LogP contribution >= 0.6 is 11.6 Å². The number of methoxy groups -OCH3 is 1. The van der Waals surface area contributed by atoms with Crippen molar-refractivity contribution in [1.82, 2.24) is 19.5 Å². The highest BCUT2D eigenvalue weighted by atomic mass is 35.5. The average Bonchev–Trinajstić information content (AvgIpc) is 2.85.